The second kappa shape index (κ2) is 9.64. The molecule has 0 radical (unpaired) electrons. The van der Waals surface area contributed by atoms with E-state index in [-0.39, 0.29) is 17.4 Å². The van der Waals surface area contributed by atoms with Crippen molar-refractivity contribution >= 4 is 12.1 Å². The van der Waals surface area contributed by atoms with Crippen molar-refractivity contribution in [3.8, 4) is 17.2 Å². The Labute approximate surface area is 195 Å². The lowest BCUT2D eigenvalue weighted by Crippen LogP contribution is -2.40. The van der Waals surface area contributed by atoms with E-state index in [1.807, 2.05) is 29.2 Å². The molecule has 2 aromatic rings. The van der Waals surface area contributed by atoms with E-state index < -0.39 is 0 Å². The van der Waals surface area contributed by atoms with Crippen LogP contribution in [0.1, 0.15) is 62.0 Å². The largest absolute Gasteiger partial charge is 0.504 e. The number of phenolic OH excluding ortho intramolecular Hbond substituents is 2. The van der Waals surface area contributed by atoms with Crippen LogP contribution in [0.3, 0.4) is 0 Å². The number of nitrogens with zero attached hydrogens (tertiary/aromatic N) is 2. The number of fused-ring (bicyclic) bond motifs is 1. The van der Waals surface area contributed by atoms with Crippen molar-refractivity contribution in [1.29, 1.82) is 0 Å². The van der Waals surface area contributed by atoms with Crippen LogP contribution in [0.15, 0.2) is 36.4 Å². The molecular formula is C27H34N2O4. The Kier molecular flexibility index (Phi) is 6.45. The maximum atomic E-state index is 12.1. The molecule has 0 aromatic heterocycles. The monoisotopic (exact) mass is 450 g/mol. The zero-order chi connectivity index (χ0) is 22.8. The van der Waals surface area contributed by atoms with Crippen LogP contribution in [-0.4, -0.2) is 53.8 Å². The highest BCUT2D eigenvalue weighted by atomic mass is 16.5. The summed E-state index contributed by atoms with van der Waals surface area (Å²) in [6.07, 6.45) is 9.90. The number of hydrogen-bond donors (Lipinski definition) is 2. The third-order valence-electron chi connectivity index (χ3n) is 7.91. The number of aromatic hydroxyl groups is 2. The van der Waals surface area contributed by atoms with Crippen LogP contribution in [0.2, 0.25) is 0 Å². The third-order valence-corrected chi connectivity index (χ3v) is 7.91. The quantitative estimate of drug-likeness (QED) is 0.475. The normalized spacial score (nSPS) is 21.6. The molecule has 5 rings (SSSR count). The van der Waals surface area contributed by atoms with Crippen LogP contribution in [0.25, 0.3) is 0 Å². The van der Waals surface area contributed by atoms with E-state index >= 15 is 0 Å². The molecule has 2 aromatic carbocycles. The number of hydrogen-bond acceptors (Lipinski definition) is 5. The van der Waals surface area contributed by atoms with Gasteiger partial charge in [-0.25, -0.2) is 0 Å². The number of piperidine rings is 1. The first-order chi connectivity index (χ1) is 16.1. The van der Waals surface area contributed by atoms with Gasteiger partial charge in [0, 0.05) is 35.8 Å². The van der Waals surface area contributed by atoms with Gasteiger partial charge in [-0.15, -0.1) is 0 Å². The summed E-state index contributed by atoms with van der Waals surface area (Å²) in [5.74, 6) is 0.804. The highest BCUT2D eigenvalue weighted by molar-refractivity contribution is 5.78. The van der Waals surface area contributed by atoms with Crippen LogP contribution >= 0.6 is 0 Å². The highest BCUT2D eigenvalue weighted by Gasteiger charge is 2.31. The van der Waals surface area contributed by atoms with E-state index in [4.69, 9.17) is 4.74 Å². The first kappa shape index (κ1) is 22.1. The van der Waals surface area contributed by atoms with Crippen LogP contribution < -0.4 is 9.64 Å². The van der Waals surface area contributed by atoms with Gasteiger partial charge in [0.05, 0.1) is 6.61 Å². The number of likely N-dealkylation sites (tertiary alicyclic amines) is 1. The Morgan fingerprint density at radius 1 is 1.00 bits per heavy atom. The van der Waals surface area contributed by atoms with Gasteiger partial charge in [-0.2, -0.15) is 0 Å². The number of rotatable bonds is 7. The Balaban J connectivity index is 1.26. The average molecular weight is 451 g/mol. The van der Waals surface area contributed by atoms with Crippen molar-refractivity contribution in [2.24, 2.45) is 5.92 Å². The molecule has 0 spiro atoms. The molecule has 1 aliphatic carbocycles. The minimum absolute atomic E-state index is 0.0974. The van der Waals surface area contributed by atoms with Crippen molar-refractivity contribution < 1.29 is 19.7 Å². The Bertz CT molecular complexity index is 980. The molecule has 33 heavy (non-hydrogen) atoms. The highest BCUT2D eigenvalue weighted by Crippen LogP contribution is 2.45. The fourth-order valence-corrected chi connectivity index (χ4v) is 5.96. The Morgan fingerprint density at radius 2 is 1.73 bits per heavy atom. The standard InChI is InChI=1S/C27H34N2O4/c30-18-29(14-11-19-9-12-28(13-10-19)20-5-1-2-6-20)24-8-4-3-7-21(24)23-17-33-27-16-26(32)25(31)15-22(23)27/h3-4,7-8,15-16,18-20,23,31-32H,1-2,5-6,9-14,17H2. The van der Waals surface area contributed by atoms with Crippen LogP contribution in [0, 0.1) is 5.92 Å². The van der Waals surface area contributed by atoms with E-state index in [2.05, 4.69) is 4.90 Å². The topological polar surface area (TPSA) is 73.2 Å². The molecule has 2 heterocycles. The van der Waals surface area contributed by atoms with Gasteiger partial charge in [0.1, 0.15) is 5.75 Å². The van der Waals surface area contributed by atoms with E-state index in [0.29, 0.717) is 24.8 Å². The molecule has 1 saturated heterocycles. The van der Waals surface area contributed by atoms with Crippen molar-refractivity contribution in [2.75, 3.05) is 31.1 Å². The van der Waals surface area contributed by atoms with Gasteiger partial charge in [-0.3, -0.25) is 4.79 Å². The van der Waals surface area contributed by atoms with Crippen LogP contribution in [-0.2, 0) is 4.79 Å². The Hall–Kier alpha value is -2.73. The lowest BCUT2D eigenvalue weighted by molar-refractivity contribution is -0.107. The second-order valence-corrected chi connectivity index (χ2v) is 9.81. The summed E-state index contributed by atoms with van der Waals surface area (Å²) in [5.41, 5.74) is 2.73. The van der Waals surface area contributed by atoms with E-state index in [9.17, 15) is 15.0 Å². The number of benzene rings is 2. The van der Waals surface area contributed by atoms with Gasteiger partial charge < -0.3 is 24.7 Å². The molecule has 1 amide bonds. The van der Waals surface area contributed by atoms with E-state index in [0.717, 1.165) is 35.7 Å². The fraction of sp³-hybridized carbons (Fsp3) is 0.519. The zero-order valence-corrected chi connectivity index (χ0v) is 19.2. The summed E-state index contributed by atoms with van der Waals surface area (Å²) in [5, 5.41) is 19.8. The fourth-order valence-electron chi connectivity index (χ4n) is 5.96. The molecule has 1 saturated carbocycles. The number of amides is 1. The van der Waals surface area contributed by atoms with Crippen LogP contribution in [0.5, 0.6) is 17.2 Å². The van der Waals surface area contributed by atoms with Crippen LogP contribution in [0.4, 0.5) is 5.69 Å². The predicted molar refractivity (Wildman–Crippen MR) is 128 cm³/mol. The van der Waals surface area contributed by atoms with Gasteiger partial charge >= 0.3 is 0 Å². The first-order valence-electron chi connectivity index (χ1n) is 12.4. The molecule has 176 valence electrons. The molecule has 3 aliphatic rings. The summed E-state index contributed by atoms with van der Waals surface area (Å²) in [6, 6.07) is 11.8. The summed E-state index contributed by atoms with van der Waals surface area (Å²) in [4.78, 5) is 16.7. The lowest BCUT2D eigenvalue weighted by Gasteiger charge is -2.36. The molecule has 0 bridgehead atoms. The maximum Gasteiger partial charge on any atom is 0.214 e. The number of carbonyl (C=O) groups excluding carboxylic acids is 1. The number of ether oxygens (including phenoxy) is 1. The number of carbonyl (C=O) groups is 1. The van der Waals surface area contributed by atoms with Gasteiger partial charge in [-0.1, -0.05) is 31.0 Å². The number of anilines is 1. The summed E-state index contributed by atoms with van der Waals surface area (Å²) >= 11 is 0. The van der Waals surface area contributed by atoms with Gasteiger partial charge in [0.25, 0.3) is 0 Å². The SMILES string of the molecule is O=CN(CCC1CCN(C2CCCC2)CC1)c1ccccc1C1COc2cc(O)c(O)cc21. The first-order valence-corrected chi connectivity index (χ1v) is 12.4. The van der Waals surface area contributed by atoms with Crippen molar-refractivity contribution in [3.05, 3.63) is 47.5 Å². The van der Waals surface area contributed by atoms with E-state index in [1.165, 1.54) is 57.7 Å². The molecule has 6 nitrogen and oxygen atoms in total. The van der Waals surface area contributed by atoms with Crippen molar-refractivity contribution in [1.82, 2.24) is 4.90 Å². The third kappa shape index (κ3) is 4.54. The smallest absolute Gasteiger partial charge is 0.214 e. The van der Waals surface area contributed by atoms with Crippen molar-refractivity contribution in [2.45, 2.75) is 56.9 Å². The molecule has 1 unspecified atom stereocenters. The molecule has 6 heteroatoms. The number of phenols is 2. The average Bonchev–Trinajstić information content (AvgIpc) is 3.51. The zero-order valence-electron chi connectivity index (χ0n) is 19.2. The van der Waals surface area contributed by atoms with Gasteiger partial charge in [0.15, 0.2) is 11.5 Å². The van der Waals surface area contributed by atoms with Crippen molar-refractivity contribution in [3.63, 3.8) is 0 Å². The lowest BCUT2D eigenvalue weighted by atomic mass is 9.90. The van der Waals surface area contributed by atoms with Gasteiger partial charge in [0.2, 0.25) is 6.41 Å². The maximum absolute atomic E-state index is 12.1. The molecule has 2 aliphatic heterocycles. The molecule has 1 atom stereocenters. The molecule has 2 N–H and O–H groups in total. The van der Waals surface area contributed by atoms with Gasteiger partial charge in [-0.05, 0) is 68.8 Å². The summed E-state index contributed by atoms with van der Waals surface area (Å²) < 4.78 is 5.79. The number of para-hydroxylation sites is 1. The summed E-state index contributed by atoms with van der Waals surface area (Å²) in [7, 11) is 0. The Morgan fingerprint density at radius 3 is 2.48 bits per heavy atom. The minimum Gasteiger partial charge on any atom is -0.504 e. The summed E-state index contributed by atoms with van der Waals surface area (Å²) in [6.45, 7) is 3.51. The van der Waals surface area contributed by atoms with E-state index in [1.54, 1.807) is 6.07 Å². The predicted octanol–water partition coefficient (Wildman–Crippen LogP) is 4.63. The molecular weight excluding hydrogens is 416 g/mol. The molecule has 2 fully saturated rings. The minimum atomic E-state index is -0.184. The second-order valence-electron chi connectivity index (χ2n) is 9.81.